The van der Waals surface area contributed by atoms with Crippen molar-refractivity contribution in [3.8, 4) is 0 Å². The van der Waals surface area contributed by atoms with Crippen molar-refractivity contribution in [2.75, 3.05) is 6.61 Å². The van der Waals surface area contributed by atoms with E-state index < -0.39 is 14.1 Å². The van der Waals surface area contributed by atoms with E-state index in [1.807, 2.05) is 13.8 Å². The molecule has 0 aromatic rings. The van der Waals surface area contributed by atoms with E-state index in [1.54, 1.807) is 0 Å². The molecular formula is C16H30O5Si. The second-order valence-electron chi connectivity index (χ2n) is 8.61. The molecule has 6 heteroatoms. The molecule has 0 aliphatic carbocycles. The van der Waals surface area contributed by atoms with E-state index in [2.05, 4.69) is 33.9 Å². The van der Waals surface area contributed by atoms with E-state index in [1.165, 1.54) is 0 Å². The van der Waals surface area contributed by atoms with Crippen LogP contribution in [-0.4, -0.2) is 51.4 Å². The summed E-state index contributed by atoms with van der Waals surface area (Å²) in [4.78, 5) is 0. The first-order valence-corrected chi connectivity index (χ1v) is 11.2. The Morgan fingerprint density at radius 2 is 1.73 bits per heavy atom. The Morgan fingerprint density at radius 1 is 1.05 bits per heavy atom. The van der Waals surface area contributed by atoms with Gasteiger partial charge in [0.15, 0.2) is 20.4 Å². The highest BCUT2D eigenvalue weighted by Gasteiger charge is 2.59. The molecule has 0 aromatic carbocycles. The molecule has 0 aromatic heterocycles. The Morgan fingerprint density at radius 3 is 2.36 bits per heavy atom. The van der Waals surface area contributed by atoms with Crippen molar-refractivity contribution in [3.63, 3.8) is 0 Å². The lowest BCUT2D eigenvalue weighted by Gasteiger charge is -2.43. The lowest BCUT2D eigenvalue weighted by molar-refractivity contribution is -0.237. The zero-order valence-corrected chi connectivity index (χ0v) is 15.8. The predicted molar refractivity (Wildman–Crippen MR) is 85.1 cm³/mol. The summed E-state index contributed by atoms with van der Waals surface area (Å²) in [5.41, 5.74) is 0. The third kappa shape index (κ3) is 2.89. The zero-order chi connectivity index (χ0) is 16.3. The first-order chi connectivity index (χ1) is 10.0. The average Bonchev–Trinajstić information content (AvgIpc) is 2.80. The van der Waals surface area contributed by atoms with Crippen LogP contribution < -0.4 is 0 Å². The van der Waals surface area contributed by atoms with Crippen molar-refractivity contribution >= 4 is 8.32 Å². The molecule has 3 aliphatic heterocycles. The maximum Gasteiger partial charge on any atom is 0.192 e. The fraction of sp³-hybridized carbons (Fsp3) is 1.00. The molecular weight excluding hydrogens is 300 g/mol. The van der Waals surface area contributed by atoms with Crippen LogP contribution in [-0.2, 0) is 23.4 Å². The van der Waals surface area contributed by atoms with Crippen molar-refractivity contribution in [2.45, 2.75) is 95.7 Å². The Kier molecular flexibility index (Phi) is 4.03. The summed E-state index contributed by atoms with van der Waals surface area (Å²) in [5.74, 6) is -0.600. The summed E-state index contributed by atoms with van der Waals surface area (Å²) < 4.78 is 30.5. The molecule has 0 bridgehead atoms. The van der Waals surface area contributed by atoms with E-state index >= 15 is 0 Å². The number of fused-ring (bicyclic) bond motifs is 3. The van der Waals surface area contributed by atoms with Gasteiger partial charge in [-0.15, -0.1) is 0 Å². The Labute approximate surface area is 134 Å². The summed E-state index contributed by atoms with van der Waals surface area (Å²) in [5, 5.41) is 0.185. The summed E-state index contributed by atoms with van der Waals surface area (Å²) >= 11 is 0. The quantitative estimate of drug-likeness (QED) is 0.728. The fourth-order valence-electron chi connectivity index (χ4n) is 3.16. The van der Waals surface area contributed by atoms with Crippen LogP contribution in [0, 0.1) is 0 Å². The third-order valence-electron chi connectivity index (χ3n) is 5.36. The Bertz CT molecular complexity index is 431. The molecule has 3 rings (SSSR count). The number of hydrogen-bond acceptors (Lipinski definition) is 5. The number of ether oxygens (including phenoxy) is 4. The first kappa shape index (κ1) is 16.9. The van der Waals surface area contributed by atoms with E-state index in [9.17, 15) is 0 Å². The largest absolute Gasteiger partial charge is 0.411 e. The van der Waals surface area contributed by atoms with E-state index in [0.717, 1.165) is 6.42 Å². The fourth-order valence-corrected chi connectivity index (χ4v) is 4.52. The molecule has 0 saturated carbocycles. The summed E-state index contributed by atoms with van der Waals surface area (Å²) in [6, 6.07) is 0. The minimum absolute atomic E-state index is 0.0700. The summed E-state index contributed by atoms with van der Waals surface area (Å²) in [7, 11) is -1.83. The summed E-state index contributed by atoms with van der Waals surface area (Å²) in [6.45, 7) is 15.9. The summed E-state index contributed by atoms with van der Waals surface area (Å²) in [6.07, 6.45) is 0.278. The van der Waals surface area contributed by atoms with Gasteiger partial charge in [-0.2, -0.15) is 0 Å². The maximum absolute atomic E-state index is 6.60. The minimum Gasteiger partial charge on any atom is -0.411 e. The molecule has 3 heterocycles. The predicted octanol–water partition coefficient (Wildman–Crippen LogP) is 3.04. The van der Waals surface area contributed by atoms with E-state index in [-0.39, 0.29) is 35.7 Å². The van der Waals surface area contributed by atoms with Crippen molar-refractivity contribution < 1.29 is 23.4 Å². The van der Waals surface area contributed by atoms with Gasteiger partial charge in [0.05, 0.1) is 6.10 Å². The molecule has 128 valence electrons. The molecule has 5 atom stereocenters. The molecule has 0 unspecified atom stereocenters. The average molecular weight is 330 g/mol. The molecule has 3 aliphatic rings. The zero-order valence-electron chi connectivity index (χ0n) is 14.8. The van der Waals surface area contributed by atoms with E-state index in [4.69, 9.17) is 23.4 Å². The first-order valence-electron chi connectivity index (χ1n) is 8.31. The van der Waals surface area contributed by atoms with Gasteiger partial charge in [0, 0.05) is 6.61 Å². The SMILES string of the molecule is CC1(C)O[C@H]2O[C@H]3[C@H](OCC[C@H]3O[Si](C)(C)C(C)(C)C)[C@H]2O1. The highest BCUT2D eigenvalue weighted by atomic mass is 28.4. The lowest BCUT2D eigenvalue weighted by atomic mass is 10.0. The van der Waals surface area contributed by atoms with Gasteiger partial charge in [0.1, 0.15) is 18.3 Å². The van der Waals surface area contributed by atoms with Crippen LogP contribution >= 0.6 is 0 Å². The van der Waals surface area contributed by atoms with Gasteiger partial charge in [0.2, 0.25) is 0 Å². The monoisotopic (exact) mass is 330 g/mol. The molecule has 0 spiro atoms. The highest BCUT2D eigenvalue weighted by molar-refractivity contribution is 6.74. The minimum atomic E-state index is -1.83. The molecule has 0 radical (unpaired) electrons. The van der Waals surface area contributed by atoms with E-state index in [0.29, 0.717) is 6.61 Å². The molecule has 0 amide bonds. The number of hydrogen-bond donors (Lipinski definition) is 0. The van der Waals surface area contributed by atoms with Crippen LogP contribution in [0.4, 0.5) is 0 Å². The second-order valence-corrected chi connectivity index (χ2v) is 13.4. The molecule has 5 nitrogen and oxygen atoms in total. The van der Waals surface area contributed by atoms with Gasteiger partial charge in [-0.3, -0.25) is 0 Å². The van der Waals surface area contributed by atoms with Crippen molar-refractivity contribution in [2.24, 2.45) is 0 Å². The normalized spacial score (nSPS) is 41.3. The van der Waals surface area contributed by atoms with Crippen molar-refractivity contribution in [1.82, 2.24) is 0 Å². The molecule has 22 heavy (non-hydrogen) atoms. The van der Waals surface area contributed by atoms with Crippen LogP contribution in [0.3, 0.4) is 0 Å². The van der Waals surface area contributed by atoms with Crippen LogP contribution in [0.5, 0.6) is 0 Å². The van der Waals surface area contributed by atoms with Gasteiger partial charge in [-0.05, 0) is 38.4 Å². The maximum atomic E-state index is 6.60. The smallest absolute Gasteiger partial charge is 0.192 e. The molecule has 0 N–H and O–H groups in total. The van der Waals surface area contributed by atoms with Gasteiger partial charge in [0.25, 0.3) is 0 Å². The highest BCUT2D eigenvalue weighted by Crippen LogP contribution is 2.44. The van der Waals surface area contributed by atoms with Gasteiger partial charge < -0.3 is 23.4 Å². The van der Waals surface area contributed by atoms with Gasteiger partial charge >= 0.3 is 0 Å². The third-order valence-corrected chi connectivity index (χ3v) is 9.86. The second kappa shape index (κ2) is 5.26. The van der Waals surface area contributed by atoms with Crippen LogP contribution in [0.1, 0.15) is 41.0 Å². The standard InChI is InChI=1S/C16H30O5Si/c1-15(2,3)22(6,7)21-10-8-9-17-12-11(10)18-14-13(12)19-16(4,5)20-14/h10-14H,8-9H2,1-7H3/t10-,11-,12+,13-,14-/m1/s1. The lowest BCUT2D eigenvalue weighted by Crippen LogP contribution is -2.53. The van der Waals surface area contributed by atoms with Crippen molar-refractivity contribution in [1.29, 1.82) is 0 Å². The molecule has 3 saturated heterocycles. The van der Waals surface area contributed by atoms with Gasteiger partial charge in [-0.1, -0.05) is 20.8 Å². The number of rotatable bonds is 2. The van der Waals surface area contributed by atoms with Crippen LogP contribution in [0.2, 0.25) is 18.1 Å². The Balaban J connectivity index is 1.72. The van der Waals surface area contributed by atoms with Crippen LogP contribution in [0.15, 0.2) is 0 Å². The van der Waals surface area contributed by atoms with Gasteiger partial charge in [-0.25, -0.2) is 0 Å². The van der Waals surface area contributed by atoms with Crippen LogP contribution in [0.25, 0.3) is 0 Å². The topological polar surface area (TPSA) is 46.2 Å². The Hall–Kier alpha value is 0.0169. The molecule has 3 fully saturated rings. The van der Waals surface area contributed by atoms with Crippen molar-refractivity contribution in [3.05, 3.63) is 0 Å².